The van der Waals surface area contributed by atoms with Crippen molar-refractivity contribution in [1.82, 2.24) is 4.90 Å². The SMILES string of the molecule is CCCc1c(OCCCOc2cc(OCc3ccccc3)c(C(=O)/C=C/N(C)C)cc2CC)cccc1Oc1ccccc1C.CCCc1c(OCCCOc2cc(OCc3ccccc3)c(C(C)=O)cc2CC)cccc1Oc1ccccc1C. The average Bonchev–Trinajstić information content (AvgIpc) is 2.80. The molecule has 0 saturated carbocycles. The first-order valence-electron chi connectivity index (χ1n) is 30.2. The summed E-state index contributed by atoms with van der Waals surface area (Å²) < 4.78 is 49.8. The van der Waals surface area contributed by atoms with Crippen molar-refractivity contribution in [3.8, 4) is 57.5 Å². The van der Waals surface area contributed by atoms with Gasteiger partial charge in [0.15, 0.2) is 11.6 Å². The van der Waals surface area contributed by atoms with Gasteiger partial charge >= 0.3 is 0 Å². The smallest absolute Gasteiger partial charge is 0.191 e. The number of Topliss-reactive ketones (excluding diaryl/α,β-unsaturated/α-hetero) is 1. The molecule has 0 heterocycles. The highest BCUT2D eigenvalue weighted by Gasteiger charge is 2.19. The maximum atomic E-state index is 13.2. The lowest BCUT2D eigenvalue weighted by atomic mass is 10.0. The molecule has 0 radical (unpaired) electrons. The Kier molecular flexibility index (Phi) is 25.6. The van der Waals surface area contributed by atoms with Crippen molar-refractivity contribution in [2.75, 3.05) is 40.5 Å². The number of rotatable bonds is 32. The van der Waals surface area contributed by atoms with Crippen molar-refractivity contribution in [2.45, 2.75) is 113 Å². The van der Waals surface area contributed by atoms with Crippen molar-refractivity contribution in [3.05, 3.63) is 238 Å². The van der Waals surface area contributed by atoms with Crippen molar-refractivity contribution < 1.29 is 47.5 Å². The van der Waals surface area contributed by atoms with Crippen LogP contribution in [0.3, 0.4) is 0 Å². The van der Waals surface area contributed by atoms with Crippen LogP contribution in [0.5, 0.6) is 57.5 Å². The monoisotopic (exact) mass is 1160 g/mol. The first-order chi connectivity index (χ1) is 41.9. The Labute approximate surface area is 510 Å². The van der Waals surface area contributed by atoms with E-state index in [4.69, 9.17) is 37.9 Å². The van der Waals surface area contributed by atoms with E-state index in [2.05, 4.69) is 27.7 Å². The molecule has 11 nitrogen and oxygen atoms in total. The summed E-state index contributed by atoms with van der Waals surface area (Å²) in [4.78, 5) is 27.3. The van der Waals surface area contributed by atoms with E-state index in [1.807, 2.05) is 203 Å². The Morgan fingerprint density at radius 2 is 0.802 bits per heavy atom. The van der Waals surface area contributed by atoms with E-state index in [0.717, 1.165) is 123 Å². The second kappa shape index (κ2) is 34.1. The van der Waals surface area contributed by atoms with Gasteiger partial charge in [-0.1, -0.05) is 150 Å². The van der Waals surface area contributed by atoms with E-state index in [9.17, 15) is 9.59 Å². The minimum absolute atomic E-state index is 0.0285. The Hall–Kier alpha value is -8.96. The lowest BCUT2D eigenvalue weighted by Crippen LogP contribution is -2.10. The molecule has 0 aromatic heterocycles. The zero-order chi connectivity index (χ0) is 61.0. The number of carbonyl (C=O) groups is 2. The summed E-state index contributed by atoms with van der Waals surface area (Å²) in [6, 6.07) is 55.3. The van der Waals surface area contributed by atoms with Crippen molar-refractivity contribution in [3.63, 3.8) is 0 Å². The third-order valence-electron chi connectivity index (χ3n) is 14.1. The van der Waals surface area contributed by atoms with Gasteiger partial charge in [-0.2, -0.15) is 0 Å². The Morgan fingerprint density at radius 3 is 1.21 bits per heavy atom. The van der Waals surface area contributed by atoms with Crippen molar-refractivity contribution in [2.24, 2.45) is 0 Å². The summed E-state index contributed by atoms with van der Waals surface area (Å²) in [5, 5.41) is 0. The molecule has 8 aromatic carbocycles. The van der Waals surface area contributed by atoms with Gasteiger partial charge in [-0.15, -0.1) is 0 Å². The molecule has 0 saturated heterocycles. The summed E-state index contributed by atoms with van der Waals surface area (Å²) in [6.07, 6.45) is 9.85. The highest BCUT2D eigenvalue weighted by atomic mass is 16.5. The number of allylic oxidation sites excluding steroid dienone is 1. The minimum atomic E-state index is -0.113. The average molecular weight is 1160 g/mol. The fraction of sp³-hybridized carbons (Fsp3) is 0.307. The Morgan fingerprint density at radius 1 is 0.419 bits per heavy atom. The van der Waals surface area contributed by atoms with E-state index in [1.165, 1.54) is 0 Å². The third-order valence-corrected chi connectivity index (χ3v) is 14.1. The zero-order valence-electron chi connectivity index (χ0n) is 51.7. The van der Waals surface area contributed by atoms with E-state index in [1.54, 1.807) is 19.2 Å². The number of nitrogens with zero attached hydrogens (tertiary/aromatic N) is 1. The van der Waals surface area contributed by atoms with Gasteiger partial charge in [-0.3, -0.25) is 9.59 Å². The molecule has 8 aromatic rings. The van der Waals surface area contributed by atoms with Crippen LogP contribution in [0, 0.1) is 13.8 Å². The molecule has 0 unspecified atom stereocenters. The van der Waals surface area contributed by atoms with Crippen molar-refractivity contribution in [1.29, 1.82) is 0 Å². The maximum Gasteiger partial charge on any atom is 0.191 e. The molecule has 0 spiro atoms. The van der Waals surface area contributed by atoms with Gasteiger partial charge in [0.05, 0.1) is 37.6 Å². The van der Waals surface area contributed by atoms with Crippen LogP contribution in [-0.4, -0.2) is 57.0 Å². The molecular formula is C75H85NO10. The van der Waals surface area contributed by atoms with Crippen LogP contribution in [0.1, 0.15) is 126 Å². The van der Waals surface area contributed by atoms with Crippen LogP contribution in [0.15, 0.2) is 182 Å². The number of hydrogen-bond donors (Lipinski definition) is 0. The van der Waals surface area contributed by atoms with Crippen LogP contribution in [0.25, 0.3) is 0 Å². The fourth-order valence-electron chi connectivity index (χ4n) is 9.49. The predicted molar refractivity (Wildman–Crippen MR) is 345 cm³/mol. The highest BCUT2D eigenvalue weighted by molar-refractivity contribution is 6.06. The lowest BCUT2D eigenvalue weighted by molar-refractivity contribution is 0.101. The predicted octanol–water partition coefficient (Wildman–Crippen LogP) is 17.9. The minimum Gasteiger partial charge on any atom is -0.493 e. The van der Waals surface area contributed by atoms with Gasteiger partial charge in [0.2, 0.25) is 0 Å². The van der Waals surface area contributed by atoms with Crippen molar-refractivity contribution >= 4 is 11.6 Å². The van der Waals surface area contributed by atoms with Gasteiger partial charge in [-0.25, -0.2) is 0 Å². The van der Waals surface area contributed by atoms with Crippen LogP contribution in [0.2, 0.25) is 0 Å². The normalized spacial score (nSPS) is 10.8. The molecule has 0 aliphatic rings. The number of carbonyl (C=O) groups excluding carboxylic acids is 2. The van der Waals surface area contributed by atoms with Gasteiger partial charge in [-0.05, 0) is 128 Å². The Bertz CT molecular complexity index is 3450. The fourth-order valence-corrected chi connectivity index (χ4v) is 9.49. The molecule has 0 bridgehead atoms. The molecule has 0 aliphatic heterocycles. The number of hydrogen-bond acceptors (Lipinski definition) is 11. The van der Waals surface area contributed by atoms with Gasteiger partial charge < -0.3 is 42.8 Å². The molecule has 0 aliphatic carbocycles. The third kappa shape index (κ3) is 19.3. The standard InChI is InChI=1S/C39H45NO5.C36H40O5/c1-6-15-32-36(20-13-21-37(32)45-35-19-12-11-16-29(35)3)42-24-14-25-43-38-27-39(44-28-30-17-9-8-10-18-30)33(26-31(38)7-2)34(41)22-23-40(4)5;1-5-14-30-33(19-12-20-34(30)41-32-18-11-10-15-26(32)3)38-21-13-22-39-35-24-36(31(27(4)37)23-29(35)6-2)40-25-28-16-8-7-9-17-28/h8-13,16-23,26-27H,6-7,14-15,24-25,28H2,1-5H3;7-12,15-20,23-24H,5-6,13-14,21-22,25H2,1-4H3/b23-22+;. The van der Waals surface area contributed by atoms with Gasteiger partial charge in [0, 0.05) is 62.5 Å². The molecule has 0 N–H and O–H groups in total. The molecular weight excluding hydrogens is 1070 g/mol. The summed E-state index contributed by atoms with van der Waals surface area (Å²) in [7, 11) is 3.77. The lowest BCUT2D eigenvalue weighted by Gasteiger charge is -2.18. The molecule has 0 fully saturated rings. The topological polar surface area (TPSA) is 111 Å². The number of aryl methyl sites for hydroxylation is 4. The van der Waals surface area contributed by atoms with E-state index < -0.39 is 0 Å². The summed E-state index contributed by atoms with van der Waals surface area (Å²) in [5.74, 6) is 7.39. The molecule has 0 amide bonds. The number of para-hydroxylation sites is 2. The van der Waals surface area contributed by atoms with Crippen LogP contribution < -0.4 is 37.9 Å². The van der Waals surface area contributed by atoms with E-state index >= 15 is 0 Å². The van der Waals surface area contributed by atoms with Crippen LogP contribution >= 0.6 is 0 Å². The van der Waals surface area contributed by atoms with E-state index in [-0.39, 0.29) is 11.6 Å². The second-order valence-electron chi connectivity index (χ2n) is 21.2. The first-order valence-corrected chi connectivity index (χ1v) is 30.2. The molecule has 8 rings (SSSR count). The second-order valence-corrected chi connectivity index (χ2v) is 21.2. The summed E-state index contributed by atoms with van der Waals surface area (Å²) in [6.45, 7) is 16.8. The largest absolute Gasteiger partial charge is 0.493 e. The van der Waals surface area contributed by atoms with E-state index in [0.29, 0.717) is 80.9 Å². The zero-order valence-corrected chi connectivity index (χ0v) is 51.7. The quantitative estimate of drug-likeness (QED) is 0.0228. The molecule has 11 heteroatoms. The maximum absolute atomic E-state index is 13.2. The first kappa shape index (κ1) is 64.6. The molecule has 0 atom stereocenters. The number of benzene rings is 8. The Balaban J connectivity index is 0.000000247. The van der Waals surface area contributed by atoms with Crippen LogP contribution in [-0.2, 0) is 38.9 Å². The number of ketones is 2. The molecule has 86 heavy (non-hydrogen) atoms. The summed E-state index contributed by atoms with van der Waals surface area (Å²) in [5.41, 5.74) is 9.42. The highest BCUT2D eigenvalue weighted by Crippen LogP contribution is 2.38. The summed E-state index contributed by atoms with van der Waals surface area (Å²) >= 11 is 0. The van der Waals surface area contributed by atoms with Gasteiger partial charge in [0.25, 0.3) is 0 Å². The van der Waals surface area contributed by atoms with Gasteiger partial charge in [0.1, 0.15) is 70.7 Å². The molecule has 450 valence electrons. The number of ether oxygens (including phenoxy) is 8. The van der Waals surface area contributed by atoms with Crippen LogP contribution in [0.4, 0.5) is 0 Å².